The fourth-order valence-corrected chi connectivity index (χ4v) is 4.56. The Labute approximate surface area is 188 Å². The lowest BCUT2D eigenvalue weighted by Crippen LogP contribution is -2.44. The highest BCUT2D eigenvalue weighted by atomic mass is 32.2. The largest absolute Gasteiger partial charge is 0.478 e. The zero-order valence-electron chi connectivity index (χ0n) is 17.5. The summed E-state index contributed by atoms with van der Waals surface area (Å²) >= 11 is 0.770. The van der Waals surface area contributed by atoms with Gasteiger partial charge in [0.25, 0.3) is 11.1 Å². The van der Waals surface area contributed by atoms with E-state index in [4.69, 9.17) is 4.42 Å². The lowest BCUT2D eigenvalue weighted by atomic mass is 10.0. The van der Waals surface area contributed by atoms with E-state index in [1.807, 2.05) is 6.92 Å². The number of likely N-dealkylation sites (tertiary alicyclic amines) is 1. The molecule has 0 radical (unpaired) electrons. The van der Waals surface area contributed by atoms with E-state index in [0.717, 1.165) is 41.5 Å². The number of hydrogen-bond acceptors (Lipinski definition) is 6. The third kappa shape index (κ3) is 4.47. The highest BCUT2D eigenvalue weighted by Gasteiger charge is 2.37. The van der Waals surface area contributed by atoms with Crippen LogP contribution in [0.1, 0.15) is 40.9 Å². The van der Waals surface area contributed by atoms with Crippen LogP contribution in [0.2, 0.25) is 0 Å². The molecule has 0 saturated carbocycles. The smallest absolute Gasteiger partial charge is 0.335 e. The standard InChI is InChI=1S/C23H22N2O6S/c1-14-5-6-15(22(28)29)11-17(14)18-8-7-16(31-18)12-19-21(27)25(23(30)32-19)13-20(26)24-9-3-2-4-10-24/h5-8,11-12H,2-4,9-10,13H2,1H3,(H,28,29)/b19-12-. The van der Waals surface area contributed by atoms with Gasteiger partial charge in [0.05, 0.1) is 10.5 Å². The van der Waals surface area contributed by atoms with Crippen molar-refractivity contribution in [2.24, 2.45) is 0 Å². The van der Waals surface area contributed by atoms with E-state index >= 15 is 0 Å². The molecule has 2 saturated heterocycles. The molecule has 1 N–H and O–H groups in total. The summed E-state index contributed by atoms with van der Waals surface area (Å²) in [7, 11) is 0. The Kier molecular flexibility index (Phi) is 6.18. The summed E-state index contributed by atoms with van der Waals surface area (Å²) in [6.07, 6.45) is 4.42. The van der Waals surface area contributed by atoms with Crippen molar-refractivity contribution in [2.45, 2.75) is 26.2 Å². The SMILES string of the molecule is Cc1ccc(C(=O)O)cc1-c1ccc(/C=C2\SC(=O)N(CC(=O)N3CCCCC3)C2=O)o1. The number of amides is 3. The number of carboxylic acids is 1. The quantitative estimate of drug-likeness (QED) is 0.680. The van der Waals surface area contributed by atoms with Crippen molar-refractivity contribution >= 4 is 40.9 Å². The Morgan fingerprint density at radius 2 is 1.88 bits per heavy atom. The van der Waals surface area contributed by atoms with Crippen molar-refractivity contribution in [1.29, 1.82) is 0 Å². The lowest BCUT2D eigenvalue weighted by Gasteiger charge is -2.27. The number of carbonyl (C=O) groups excluding carboxylic acids is 3. The predicted octanol–water partition coefficient (Wildman–Crippen LogP) is 4.00. The van der Waals surface area contributed by atoms with Crippen LogP contribution in [0.3, 0.4) is 0 Å². The first-order chi connectivity index (χ1) is 15.3. The normalized spacial score (nSPS) is 18.0. The zero-order valence-corrected chi connectivity index (χ0v) is 18.3. The number of carbonyl (C=O) groups is 4. The molecule has 0 spiro atoms. The summed E-state index contributed by atoms with van der Waals surface area (Å²) in [5.41, 5.74) is 1.61. The number of benzene rings is 1. The first kappa shape index (κ1) is 21.9. The molecule has 9 heteroatoms. The van der Waals surface area contributed by atoms with Crippen molar-refractivity contribution in [1.82, 2.24) is 9.80 Å². The molecule has 8 nitrogen and oxygen atoms in total. The average Bonchev–Trinajstić information content (AvgIpc) is 3.34. The number of aromatic carboxylic acids is 1. The number of carboxylic acid groups (broad SMARTS) is 1. The van der Waals surface area contributed by atoms with E-state index in [2.05, 4.69) is 0 Å². The monoisotopic (exact) mass is 454 g/mol. The molecular formula is C23H22N2O6S. The molecule has 1 aromatic heterocycles. The van der Waals surface area contributed by atoms with Crippen molar-refractivity contribution < 1.29 is 28.7 Å². The molecule has 0 atom stereocenters. The van der Waals surface area contributed by atoms with Crippen LogP contribution in [-0.2, 0) is 9.59 Å². The highest BCUT2D eigenvalue weighted by molar-refractivity contribution is 8.18. The summed E-state index contributed by atoms with van der Waals surface area (Å²) in [6.45, 7) is 2.89. The number of nitrogens with zero attached hydrogens (tertiary/aromatic N) is 2. The molecule has 2 fully saturated rings. The lowest BCUT2D eigenvalue weighted by molar-refractivity contribution is -0.136. The summed E-state index contributed by atoms with van der Waals surface area (Å²) in [4.78, 5) is 51.7. The number of piperidine rings is 1. The van der Waals surface area contributed by atoms with Crippen LogP contribution in [0.25, 0.3) is 17.4 Å². The van der Waals surface area contributed by atoms with Gasteiger partial charge >= 0.3 is 5.97 Å². The van der Waals surface area contributed by atoms with Gasteiger partial charge in [0.1, 0.15) is 18.1 Å². The number of imide groups is 1. The minimum atomic E-state index is -1.04. The summed E-state index contributed by atoms with van der Waals surface area (Å²) in [5.74, 6) is -0.968. The van der Waals surface area contributed by atoms with E-state index in [1.165, 1.54) is 18.2 Å². The Morgan fingerprint density at radius 3 is 2.59 bits per heavy atom. The number of thioether (sulfide) groups is 1. The molecule has 2 aliphatic rings. The van der Waals surface area contributed by atoms with E-state index in [1.54, 1.807) is 23.1 Å². The van der Waals surface area contributed by atoms with Gasteiger partial charge < -0.3 is 14.4 Å². The number of rotatable bonds is 5. The second-order valence-corrected chi connectivity index (χ2v) is 8.74. The molecule has 3 amide bonds. The van der Waals surface area contributed by atoms with Crippen LogP contribution in [0.4, 0.5) is 4.79 Å². The van der Waals surface area contributed by atoms with Gasteiger partial charge in [0, 0.05) is 24.7 Å². The Bertz CT molecular complexity index is 1130. The first-order valence-corrected chi connectivity index (χ1v) is 11.1. The van der Waals surface area contributed by atoms with Crippen molar-refractivity contribution in [2.75, 3.05) is 19.6 Å². The number of furan rings is 1. The molecule has 2 aliphatic heterocycles. The molecule has 3 heterocycles. The molecular weight excluding hydrogens is 432 g/mol. The maximum Gasteiger partial charge on any atom is 0.335 e. The minimum absolute atomic E-state index is 0.142. The molecule has 2 aromatic rings. The predicted molar refractivity (Wildman–Crippen MR) is 119 cm³/mol. The number of hydrogen-bond donors (Lipinski definition) is 1. The topological polar surface area (TPSA) is 108 Å². The second kappa shape index (κ2) is 9.04. The van der Waals surface area contributed by atoms with Crippen LogP contribution in [0.5, 0.6) is 0 Å². The molecule has 1 aromatic carbocycles. The summed E-state index contributed by atoms with van der Waals surface area (Å²) in [6, 6.07) is 8.08. The van der Waals surface area contributed by atoms with Gasteiger partial charge in [0.2, 0.25) is 5.91 Å². The van der Waals surface area contributed by atoms with Crippen LogP contribution in [0.15, 0.2) is 39.7 Å². The molecule has 166 valence electrons. The minimum Gasteiger partial charge on any atom is -0.478 e. The van der Waals surface area contributed by atoms with Crippen LogP contribution < -0.4 is 0 Å². The molecule has 0 aliphatic carbocycles. The first-order valence-electron chi connectivity index (χ1n) is 10.3. The molecule has 0 bridgehead atoms. The molecule has 4 rings (SSSR count). The zero-order chi connectivity index (χ0) is 22.8. The van der Waals surface area contributed by atoms with Crippen LogP contribution in [0, 0.1) is 6.92 Å². The van der Waals surface area contributed by atoms with Crippen molar-refractivity contribution in [3.05, 3.63) is 52.1 Å². The van der Waals surface area contributed by atoms with Gasteiger partial charge in [-0.3, -0.25) is 19.3 Å². The van der Waals surface area contributed by atoms with Gasteiger partial charge in [-0.25, -0.2) is 4.79 Å². The van der Waals surface area contributed by atoms with E-state index in [9.17, 15) is 24.3 Å². The Hall–Kier alpha value is -3.33. The maximum absolute atomic E-state index is 12.7. The average molecular weight is 455 g/mol. The van der Waals surface area contributed by atoms with Crippen LogP contribution in [-0.4, -0.2) is 57.6 Å². The van der Waals surface area contributed by atoms with Gasteiger partial charge in [-0.2, -0.15) is 0 Å². The van der Waals surface area contributed by atoms with Gasteiger partial charge in [-0.15, -0.1) is 0 Å². The van der Waals surface area contributed by atoms with Gasteiger partial charge in [0.15, 0.2) is 0 Å². The van der Waals surface area contributed by atoms with Gasteiger partial charge in [-0.1, -0.05) is 6.07 Å². The molecule has 32 heavy (non-hydrogen) atoms. The van der Waals surface area contributed by atoms with E-state index in [-0.39, 0.29) is 22.9 Å². The third-order valence-corrected chi connectivity index (χ3v) is 6.43. The van der Waals surface area contributed by atoms with Crippen molar-refractivity contribution in [3.63, 3.8) is 0 Å². The Balaban J connectivity index is 1.50. The second-order valence-electron chi connectivity index (χ2n) is 7.75. The fourth-order valence-electron chi connectivity index (χ4n) is 3.74. The fraction of sp³-hybridized carbons (Fsp3) is 0.304. The third-order valence-electron chi connectivity index (χ3n) is 5.53. The number of aryl methyl sites for hydroxylation is 1. The maximum atomic E-state index is 12.7. The molecule has 0 unspecified atom stereocenters. The van der Waals surface area contributed by atoms with Crippen LogP contribution >= 0.6 is 11.8 Å². The summed E-state index contributed by atoms with van der Waals surface area (Å²) < 4.78 is 5.80. The van der Waals surface area contributed by atoms with E-state index < -0.39 is 17.1 Å². The summed E-state index contributed by atoms with van der Waals surface area (Å²) in [5, 5.41) is 8.74. The highest BCUT2D eigenvalue weighted by Crippen LogP contribution is 2.34. The van der Waals surface area contributed by atoms with Crippen molar-refractivity contribution in [3.8, 4) is 11.3 Å². The van der Waals surface area contributed by atoms with E-state index in [0.29, 0.717) is 30.2 Å². The Morgan fingerprint density at radius 1 is 1.12 bits per heavy atom. The van der Waals surface area contributed by atoms with Gasteiger partial charge in [-0.05, 0) is 67.8 Å².